The van der Waals surface area contributed by atoms with Crippen LogP contribution in [0.4, 0.5) is 0 Å². The Morgan fingerprint density at radius 2 is 2.31 bits per heavy atom. The van der Waals surface area contributed by atoms with E-state index in [4.69, 9.17) is 0 Å². The van der Waals surface area contributed by atoms with Gasteiger partial charge in [0, 0.05) is 23.7 Å². The molecule has 1 aliphatic carbocycles. The maximum Gasteiger partial charge on any atom is 0.0897 e. The molecular weight excluding hydrogens is 216 g/mol. The maximum atomic E-state index is 4.30. The largest absolute Gasteiger partial charge is 0.309 e. The van der Waals surface area contributed by atoms with Crippen molar-refractivity contribution >= 4 is 11.3 Å². The number of nitrogens with zero attached hydrogens (tertiary/aromatic N) is 1. The van der Waals surface area contributed by atoms with Crippen molar-refractivity contribution < 1.29 is 0 Å². The second kappa shape index (κ2) is 4.84. The third-order valence-electron chi connectivity index (χ3n) is 3.70. The molecule has 0 saturated heterocycles. The topological polar surface area (TPSA) is 24.9 Å². The summed E-state index contributed by atoms with van der Waals surface area (Å²) in [5.41, 5.74) is 0.456. The van der Waals surface area contributed by atoms with Crippen molar-refractivity contribution in [3.63, 3.8) is 0 Å². The lowest BCUT2D eigenvalue weighted by molar-refractivity contribution is 0.167. The molecule has 90 valence electrons. The fraction of sp³-hybridized carbons (Fsp3) is 0.769. The molecular formula is C13H22N2S. The first kappa shape index (κ1) is 12.1. The summed E-state index contributed by atoms with van der Waals surface area (Å²) in [7, 11) is 0. The number of nitrogens with one attached hydrogen (secondary N) is 1. The molecule has 2 rings (SSSR count). The minimum Gasteiger partial charge on any atom is -0.309 e. The second-order valence-corrected chi connectivity index (χ2v) is 6.83. The fourth-order valence-electron chi connectivity index (χ4n) is 2.58. The van der Waals surface area contributed by atoms with Gasteiger partial charge in [0.2, 0.25) is 0 Å². The molecule has 0 spiro atoms. The molecule has 1 heterocycles. The van der Waals surface area contributed by atoms with Crippen LogP contribution in [0.15, 0.2) is 6.20 Å². The molecule has 1 unspecified atom stereocenters. The van der Waals surface area contributed by atoms with Gasteiger partial charge in [-0.25, -0.2) is 4.98 Å². The Bertz CT molecular complexity index is 343. The molecule has 1 fully saturated rings. The highest BCUT2D eigenvalue weighted by Crippen LogP contribution is 2.35. The molecule has 2 nitrogen and oxygen atoms in total. The molecule has 1 aromatic heterocycles. The van der Waals surface area contributed by atoms with E-state index in [9.17, 15) is 0 Å². The smallest absolute Gasteiger partial charge is 0.0897 e. The first-order valence-corrected chi connectivity index (χ1v) is 7.04. The van der Waals surface area contributed by atoms with E-state index in [0.717, 1.165) is 6.54 Å². The van der Waals surface area contributed by atoms with Crippen LogP contribution in [0.1, 0.15) is 49.4 Å². The average molecular weight is 238 g/mol. The van der Waals surface area contributed by atoms with E-state index in [2.05, 4.69) is 31.1 Å². The Labute approximate surface area is 102 Å². The zero-order valence-corrected chi connectivity index (χ0v) is 11.4. The fourth-order valence-corrected chi connectivity index (χ4v) is 3.33. The van der Waals surface area contributed by atoms with Gasteiger partial charge in [-0.1, -0.05) is 26.7 Å². The van der Waals surface area contributed by atoms with Gasteiger partial charge in [-0.05, 0) is 25.2 Å². The van der Waals surface area contributed by atoms with Gasteiger partial charge >= 0.3 is 0 Å². The molecule has 0 radical (unpaired) electrons. The second-order valence-electron chi connectivity index (χ2n) is 5.51. The third kappa shape index (κ3) is 2.83. The van der Waals surface area contributed by atoms with E-state index in [-0.39, 0.29) is 0 Å². The van der Waals surface area contributed by atoms with Crippen molar-refractivity contribution in [2.45, 2.75) is 59.0 Å². The minimum atomic E-state index is 0.456. The standard InChI is InChI=1S/C13H22N2S/c1-10-14-8-11(16-10)9-15-12-6-4-5-7-13(12,2)3/h8,12,15H,4-7,9H2,1-3H3. The number of hydrogen-bond donors (Lipinski definition) is 1. The molecule has 1 aromatic rings. The van der Waals surface area contributed by atoms with Gasteiger partial charge in [0.05, 0.1) is 5.01 Å². The summed E-state index contributed by atoms with van der Waals surface area (Å²) in [5, 5.41) is 4.88. The Morgan fingerprint density at radius 3 is 2.94 bits per heavy atom. The quantitative estimate of drug-likeness (QED) is 0.871. The Balaban J connectivity index is 1.89. The van der Waals surface area contributed by atoms with E-state index >= 15 is 0 Å². The van der Waals surface area contributed by atoms with Crippen molar-refractivity contribution in [3.8, 4) is 0 Å². The number of aromatic nitrogens is 1. The number of hydrogen-bond acceptors (Lipinski definition) is 3. The van der Waals surface area contributed by atoms with Crippen LogP contribution >= 0.6 is 11.3 Å². The van der Waals surface area contributed by atoms with Crippen LogP contribution in [0.3, 0.4) is 0 Å². The first-order chi connectivity index (χ1) is 7.58. The lowest BCUT2D eigenvalue weighted by Crippen LogP contribution is -2.43. The summed E-state index contributed by atoms with van der Waals surface area (Å²) in [6, 6.07) is 0.670. The molecule has 1 aliphatic rings. The summed E-state index contributed by atoms with van der Waals surface area (Å²) in [6.07, 6.45) is 7.45. The monoisotopic (exact) mass is 238 g/mol. The Hall–Kier alpha value is -0.410. The van der Waals surface area contributed by atoms with Gasteiger partial charge in [-0.3, -0.25) is 0 Å². The molecule has 1 atom stereocenters. The summed E-state index contributed by atoms with van der Waals surface area (Å²) in [4.78, 5) is 5.66. The number of aryl methyl sites for hydroxylation is 1. The number of rotatable bonds is 3. The van der Waals surface area contributed by atoms with Crippen molar-refractivity contribution in [1.82, 2.24) is 10.3 Å². The van der Waals surface area contributed by atoms with E-state index in [1.807, 2.05) is 6.20 Å². The molecule has 0 aromatic carbocycles. The van der Waals surface area contributed by atoms with Crippen LogP contribution in [0.25, 0.3) is 0 Å². The van der Waals surface area contributed by atoms with E-state index in [1.165, 1.54) is 35.6 Å². The maximum absolute atomic E-state index is 4.30. The zero-order valence-electron chi connectivity index (χ0n) is 10.5. The summed E-state index contributed by atoms with van der Waals surface area (Å²) < 4.78 is 0. The summed E-state index contributed by atoms with van der Waals surface area (Å²) in [6.45, 7) is 7.84. The van der Waals surface area contributed by atoms with Gasteiger partial charge in [0.1, 0.15) is 0 Å². The molecule has 0 amide bonds. The highest BCUT2D eigenvalue weighted by molar-refractivity contribution is 7.11. The Kier molecular flexibility index (Phi) is 3.65. The van der Waals surface area contributed by atoms with E-state index in [1.54, 1.807) is 11.3 Å². The predicted octanol–water partition coefficient (Wildman–Crippen LogP) is 3.51. The Morgan fingerprint density at radius 1 is 1.50 bits per heavy atom. The predicted molar refractivity (Wildman–Crippen MR) is 69.7 cm³/mol. The van der Waals surface area contributed by atoms with Crippen molar-refractivity contribution in [1.29, 1.82) is 0 Å². The molecule has 1 saturated carbocycles. The average Bonchev–Trinajstić information content (AvgIpc) is 2.62. The lowest BCUT2D eigenvalue weighted by atomic mass is 9.73. The van der Waals surface area contributed by atoms with Crippen LogP contribution in [0, 0.1) is 12.3 Å². The number of thiazole rings is 1. The van der Waals surface area contributed by atoms with Crippen LogP contribution in [-0.2, 0) is 6.54 Å². The van der Waals surface area contributed by atoms with Crippen LogP contribution in [0.2, 0.25) is 0 Å². The molecule has 3 heteroatoms. The van der Waals surface area contributed by atoms with Crippen LogP contribution in [0.5, 0.6) is 0 Å². The van der Waals surface area contributed by atoms with Crippen molar-refractivity contribution in [3.05, 3.63) is 16.1 Å². The van der Waals surface area contributed by atoms with Crippen molar-refractivity contribution in [2.24, 2.45) is 5.41 Å². The first-order valence-electron chi connectivity index (χ1n) is 6.22. The van der Waals surface area contributed by atoms with Gasteiger partial charge < -0.3 is 5.32 Å². The van der Waals surface area contributed by atoms with Gasteiger partial charge in [-0.15, -0.1) is 11.3 Å². The minimum absolute atomic E-state index is 0.456. The van der Waals surface area contributed by atoms with Gasteiger partial charge in [-0.2, -0.15) is 0 Å². The SMILES string of the molecule is Cc1ncc(CNC2CCCCC2(C)C)s1. The van der Waals surface area contributed by atoms with Crippen LogP contribution < -0.4 is 5.32 Å². The highest BCUT2D eigenvalue weighted by Gasteiger charge is 2.31. The highest BCUT2D eigenvalue weighted by atomic mass is 32.1. The molecule has 0 bridgehead atoms. The zero-order chi connectivity index (χ0) is 11.6. The lowest BCUT2D eigenvalue weighted by Gasteiger charge is -2.39. The molecule has 16 heavy (non-hydrogen) atoms. The van der Waals surface area contributed by atoms with Crippen LogP contribution in [-0.4, -0.2) is 11.0 Å². The summed E-state index contributed by atoms with van der Waals surface area (Å²) >= 11 is 1.80. The molecule has 0 aliphatic heterocycles. The normalized spacial score (nSPS) is 24.6. The van der Waals surface area contributed by atoms with E-state index < -0.39 is 0 Å². The third-order valence-corrected chi connectivity index (χ3v) is 4.61. The van der Waals surface area contributed by atoms with Gasteiger partial charge in [0.15, 0.2) is 0 Å². The summed E-state index contributed by atoms with van der Waals surface area (Å²) in [5.74, 6) is 0. The molecule has 1 N–H and O–H groups in total. The van der Waals surface area contributed by atoms with Gasteiger partial charge in [0.25, 0.3) is 0 Å². The van der Waals surface area contributed by atoms with Crippen molar-refractivity contribution in [2.75, 3.05) is 0 Å². The van der Waals surface area contributed by atoms with E-state index in [0.29, 0.717) is 11.5 Å².